The molecule has 0 aromatic heterocycles. The van der Waals surface area contributed by atoms with Gasteiger partial charge < -0.3 is 5.32 Å². The fraction of sp³-hybridized carbons (Fsp3) is 0.455. The number of nitrogens with one attached hydrogen (secondary N) is 1. The molecule has 0 radical (unpaired) electrons. The highest BCUT2D eigenvalue weighted by Crippen LogP contribution is 2.31. The van der Waals surface area contributed by atoms with Crippen molar-refractivity contribution in [3.8, 4) is 0 Å². The lowest BCUT2D eigenvalue weighted by atomic mass is 9.85. The molecule has 2 rings (SSSR count). The second-order valence-electron chi connectivity index (χ2n) is 4.07. The summed E-state index contributed by atoms with van der Waals surface area (Å²) >= 11 is 6.14. The fourth-order valence-electron chi connectivity index (χ4n) is 1.99. The van der Waals surface area contributed by atoms with Gasteiger partial charge >= 0.3 is 0 Å². The van der Waals surface area contributed by atoms with E-state index in [1.807, 2.05) is 12.1 Å². The van der Waals surface area contributed by atoms with Crippen LogP contribution in [0.4, 0.5) is 0 Å². The number of hydrogen-bond acceptors (Lipinski definition) is 1. The zero-order valence-electron chi connectivity index (χ0n) is 8.02. The van der Waals surface area contributed by atoms with Crippen molar-refractivity contribution in [3.63, 3.8) is 0 Å². The van der Waals surface area contributed by atoms with Gasteiger partial charge in [-0.25, -0.2) is 0 Å². The molecule has 1 aromatic rings. The lowest BCUT2D eigenvalue weighted by molar-refractivity contribution is 0.382. The molecule has 0 aliphatic carbocycles. The quantitative estimate of drug-likeness (QED) is 0.672. The van der Waals surface area contributed by atoms with Crippen LogP contribution in [-0.2, 0) is 12.0 Å². The SMILES string of the molecule is CC1(C)NCCc2c(Cl)cccc21. The summed E-state index contributed by atoms with van der Waals surface area (Å²) < 4.78 is 0. The van der Waals surface area contributed by atoms with Gasteiger partial charge in [0, 0.05) is 17.1 Å². The summed E-state index contributed by atoms with van der Waals surface area (Å²) in [6.07, 6.45) is 1.04. The van der Waals surface area contributed by atoms with Crippen molar-refractivity contribution in [2.45, 2.75) is 25.8 Å². The van der Waals surface area contributed by atoms with Gasteiger partial charge in [0.15, 0.2) is 0 Å². The maximum Gasteiger partial charge on any atom is 0.0441 e. The van der Waals surface area contributed by atoms with Gasteiger partial charge in [0.1, 0.15) is 0 Å². The summed E-state index contributed by atoms with van der Waals surface area (Å²) in [5.41, 5.74) is 2.72. The average Bonchev–Trinajstić information content (AvgIpc) is 2.06. The van der Waals surface area contributed by atoms with Crippen molar-refractivity contribution in [2.75, 3.05) is 6.54 Å². The zero-order chi connectivity index (χ0) is 9.47. The normalized spacial score (nSPS) is 19.6. The molecule has 13 heavy (non-hydrogen) atoms. The topological polar surface area (TPSA) is 12.0 Å². The summed E-state index contributed by atoms with van der Waals surface area (Å²) in [5, 5.41) is 4.39. The molecule has 2 heteroatoms. The minimum atomic E-state index is 0.0679. The Morgan fingerprint density at radius 2 is 2.15 bits per heavy atom. The minimum absolute atomic E-state index is 0.0679. The lowest BCUT2D eigenvalue weighted by Crippen LogP contribution is -2.42. The monoisotopic (exact) mass is 195 g/mol. The van der Waals surface area contributed by atoms with Gasteiger partial charge in [0.25, 0.3) is 0 Å². The molecule has 0 bridgehead atoms. The third kappa shape index (κ3) is 1.47. The van der Waals surface area contributed by atoms with Crippen LogP contribution in [0.2, 0.25) is 5.02 Å². The molecule has 0 atom stereocenters. The first-order valence-corrected chi connectivity index (χ1v) is 5.02. The van der Waals surface area contributed by atoms with E-state index in [9.17, 15) is 0 Å². The summed E-state index contributed by atoms with van der Waals surface area (Å²) in [6, 6.07) is 6.16. The van der Waals surface area contributed by atoms with E-state index < -0.39 is 0 Å². The van der Waals surface area contributed by atoms with Gasteiger partial charge in [-0.1, -0.05) is 23.7 Å². The van der Waals surface area contributed by atoms with Gasteiger partial charge in [-0.3, -0.25) is 0 Å². The van der Waals surface area contributed by atoms with Gasteiger partial charge in [-0.05, 0) is 37.5 Å². The molecule has 1 aromatic carbocycles. The Labute approximate surface area is 84.1 Å². The maximum atomic E-state index is 6.14. The van der Waals surface area contributed by atoms with Crippen LogP contribution >= 0.6 is 11.6 Å². The molecule has 1 heterocycles. The maximum absolute atomic E-state index is 6.14. The van der Waals surface area contributed by atoms with E-state index in [0.29, 0.717) is 0 Å². The Kier molecular flexibility index (Phi) is 2.09. The number of rotatable bonds is 0. The van der Waals surface area contributed by atoms with E-state index in [1.165, 1.54) is 11.1 Å². The lowest BCUT2D eigenvalue weighted by Gasteiger charge is -2.34. The second-order valence-corrected chi connectivity index (χ2v) is 4.47. The first-order valence-electron chi connectivity index (χ1n) is 4.64. The molecule has 0 spiro atoms. The van der Waals surface area contributed by atoms with Crippen LogP contribution in [0, 0.1) is 0 Å². The first kappa shape index (κ1) is 9.04. The van der Waals surface area contributed by atoms with E-state index in [-0.39, 0.29) is 5.54 Å². The highest BCUT2D eigenvalue weighted by Gasteiger charge is 2.27. The third-order valence-corrected chi connectivity index (χ3v) is 3.09. The smallest absolute Gasteiger partial charge is 0.0441 e. The molecular weight excluding hydrogens is 182 g/mol. The van der Waals surface area contributed by atoms with E-state index in [1.54, 1.807) is 0 Å². The third-order valence-electron chi connectivity index (χ3n) is 2.73. The molecule has 1 nitrogen and oxygen atoms in total. The van der Waals surface area contributed by atoms with E-state index in [0.717, 1.165) is 18.0 Å². The van der Waals surface area contributed by atoms with Crippen molar-refractivity contribution in [1.82, 2.24) is 5.32 Å². The van der Waals surface area contributed by atoms with Crippen molar-refractivity contribution in [3.05, 3.63) is 34.3 Å². The zero-order valence-corrected chi connectivity index (χ0v) is 8.78. The Hall–Kier alpha value is -0.530. The first-order chi connectivity index (χ1) is 6.11. The Bertz CT molecular complexity index is 331. The molecule has 0 saturated heterocycles. The van der Waals surface area contributed by atoms with Crippen LogP contribution in [0.15, 0.2) is 18.2 Å². The fourth-order valence-corrected chi connectivity index (χ4v) is 2.26. The summed E-state index contributed by atoms with van der Waals surface area (Å²) in [4.78, 5) is 0. The highest BCUT2D eigenvalue weighted by molar-refractivity contribution is 6.31. The van der Waals surface area contributed by atoms with Gasteiger partial charge in [-0.15, -0.1) is 0 Å². The highest BCUT2D eigenvalue weighted by atomic mass is 35.5. The molecule has 1 aliphatic rings. The second kappa shape index (κ2) is 3.00. The molecular formula is C11H14ClN. The van der Waals surface area contributed by atoms with Crippen LogP contribution in [0.5, 0.6) is 0 Å². The summed E-state index contributed by atoms with van der Waals surface area (Å²) in [6.45, 7) is 5.41. The van der Waals surface area contributed by atoms with Crippen LogP contribution in [0.1, 0.15) is 25.0 Å². The Balaban J connectivity index is 2.58. The summed E-state index contributed by atoms with van der Waals surface area (Å²) in [7, 11) is 0. The van der Waals surface area contributed by atoms with E-state index in [2.05, 4.69) is 25.2 Å². The molecule has 1 N–H and O–H groups in total. The molecule has 0 fully saturated rings. The molecule has 0 saturated carbocycles. The van der Waals surface area contributed by atoms with Crippen molar-refractivity contribution in [2.24, 2.45) is 0 Å². The van der Waals surface area contributed by atoms with Crippen molar-refractivity contribution < 1.29 is 0 Å². The van der Waals surface area contributed by atoms with Crippen LogP contribution < -0.4 is 5.32 Å². The Morgan fingerprint density at radius 1 is 1.38 bits per heavy atom. The largest absolute Gasteiger partial charge is 0.307 e. The van der Waals surface area contributed by atoms with Crippen molar-refractivity contribution >= 4 is 11.6 Å². The molecule has 1 aliphatic heterocycles. The van der Waals surface area contributed by atoms with Crippen LogP contribution in [0.25, 0.3) is 0 Å². The van der Waals surface area contributed by atoms with Crippen molar-refractivity contribution in [1.29, 1.82) is 0 Å². The number of halogens is 1. The number of fused-ring (bicyclic) bond motifs is 1. The predicted molar refractivity (Wildman–Crippen MR) is 56.2 cm³/mol. The number of hydrogen-bond donors (Lipinski definition) is 1. The molecule has 70 valence electrons. The summed E-state index contributed by atoms with van der Waals surface area (Å²) in [5.74, 6) is 0. The molecule has 0 unspecified atom stereocenters. The average molecular weight is 196 g/mol. The van der Waals surface area contributed by atoms with E-state index in [4.69, 9.17) is 11.6 Å². The van der Waals surface area contributed by atoms with Gasteiger partial charge in [0.05, 0.1) is 0 Å². The standard InChI is InChI=1S/C11H14ClN/c1-11(2)9-4-3-5-10(12)8(9)6-7-13-11/h3-5,13H,6-7H2,1-2H3. The minimum Gasteiger partial charge on any atom is -0.307 e. The van der Waals surface area contributed by atoms with Gasteiger partial charge in [0.2, 0.25) is 0 Å². The Morgan fingerprint density at radius 3 is 2.85 bits per heavy atom. The van der Waals surface area contributed by atoms with E-state index >= 15 is 0 Å². The van der Waals surface area contributed by atoms with Gasteiger partial charge in [-0.2, -0.15) is 0 Å². The predicted octanol–water partition coefficient (Wildman–Crippen LogP) is 2.72. The number of benzene rings is 1. The molecule has 0 amide bonds. The van der Waals surface area contributed by atoms with Crippen LogP contribution in [-0.4, -0.2) is 6.54 Å². The van der Waals surface area contributed by atoms with Crippen LogP contribution in [0.3, 0.4) is 0 Å².